The van der Waals surface area contributed by atoms with E-state index in [1.54, 1.807) is 24.3 Å². The van der Waals surface area contributed by atoms with E-state index in [0.717, 1.165) is 50.7 Å². The lowest BCUT2D eigenvalue weighted by Gasteiger charge is -2.41. The molecule has 0 aromatic heterocycles. The molecule has 0 bridgehead atoms. The van der Waals surface area contributed by atoms with Crippen LogP contribution in [0, 0.1) is 6.92 Å². The highest BCUT2D eigenvalue weighted by Gasteiger charge is 2.35. The first-order valence-electron chi connectivity index (χ1n) is 8.07. The summed E-state index contributed by atoms with van der Waals surface area (Å²) in [6, 6.07) is 6.73. The Hall–Kier alpha value is -0.910. The van der Waals surface area contributed by atoms with E-state index in [2.05, 4.69) is 6.92 Å². The molecule has 5 heteroatoms. The van der Waals surface area contributed by atoms with Crippen LogP contribution >= 0.6 is 0 Å². The van der Waals surface area contributed by atoms with Crippen molar-refractivity contribution in [3.8, 4) is 0 Å². The molecule has 4 nitrogen and oxygen atoms in total. The van der Waals surface area contributed by atoms with E-state index in [1.807, 2.05) is 6.92 Å². The number of hydrogen-bond acceptors (Lipinski definition) is 4. The van der Waals surface area contributed by atoms with Crippen molar-refractivity contribution in [3.05, 3.63) is 29.8 Å². The average Bonchev–Trinajstić information content (AvgIpc) is 2.45. The maximum absolute atomic E-state index is 12.0. The molecule has 0 spiro atoms. The largest absolute Gasteiger partial charge is 0.375 e. The molecule has 1 fully saturated rings. The van der Waals surface area contributed by atoms with Crippen LogP contribution in [0.2, 0.25) is 0 Å². The van der Waals surface area contributed by atoms with E-state index in [-0.39, 0.29) is 17.1 Å². The third-order valence-electron chi connectivity index (χ3n) is 4.44. The Bertz CT molecular complexity index is 553. The van der Waals surface area contributed by atoms with E-state index in [1.165, 1.54) is 0 Å². The molecule has 0 saturated carbocycles. The zero-order valence-corrected chi connectivity index (χ0v) is 14.3. The molecule has 1 atom stereocenters. The molecule has 0 N–H and O–H groups in total. The summed E-state index contributed by atoms with van der Waals surface area (Å²) >= 11 is 0. The van der Waals surface area contributed by atoms with Crippen LogP contribution in [0.5, 0.6) is 0 Å². The molecule has 1 aliphatic heterocycles. The smallest absolute Gasteiger partial charge is 0.296 e. The maximum Gasteiger partial charge on any atom is 0.296 e. The van der Waals surface area contributed by atoms with Crippen molar-refractivity contribution in [1.29, 1.82) is 0 Å². The Morgan fingerprint density at radius 1 is 1.18 bits per heavy atom. The molecule has 1 saturated heterocycles. The fourth-order valence-corrected chi connectivity index (χ4v) is 3.65. The number of benzene rings is 1. The molecule has 0 aliphatic carbocycles. The van der Waals surface area contributed by atoms with Gasteiger partial charge in [-0.05, 0) is 44.7 Å². The second kappa shape index (κ2) is 7.57. The lowest BCUT2D eigenvalue weighted by Crippen LogP contribution is -2.42. The van der Waals surface area contributed by atoms with Crippen molar-refractivity contribution < 1.29 is 17.3 Å². The summed E-state index contributed by atoms with van der Waals surface area (Å²) in [5.41, 5.74) is 1.14. The first kappa shape index (κ1) is 17.4. The van der Waals surface area contributed by atoms with Gasteiger partial charge in [0.2, 0.25) is 0 Å². The first-order valence-corrected chi connectivity index (χ1v) is 9.48. The molecule has 1 aromatic carbocycles. The maximum atomic E-state index is 12.0. The molecule has 0 amide bonds. The van der Waals surface area contributed by atoms with Crippen molar-refractivity contribution >= 4 is 10.1 Å². The molecule has 1 aliphatic rings. The summed E-state index contributed by atoms with van der Waals surface area (Å²) in [6.07, 6.45) is 6.06. The second-order valence-corrected chi connectivity index (χ2v) is 7.65. The fourth-order valence-electron chi connectivity index (χ4n) is 2.71. The van der Waals surface area contributed by atoms with Gasteiger partial charge < -0.3 is 4.74 Å². The summed E-state index contributed by atoms with van der Waals surface area (Å²) in [5.74, 6) is 0. The van der Waals surface area contributed by atoms with Crippen LogP contribution < -0.4 is 0 Å². The number of rotatable bonds is 9. The van der Waals surface area contributed by atoms with Gasteiger partial charge in [-0.25, -0.2) is 0 Å². The van der Waals surface area contributed by atoms with Crippen LogP contribution in [0.1, 0.15) is 51.0 Å². The molecule has 22 heavy (non-hydrogen) atoms. The SMILES string of the molecule is CCC1(CCCCCOS(=O)(=O)c2ccc(C)cc2)CCO1. The summed E-state index contributed by atoms with van der Waals surface area (Å²) in [6.45, 7) is 5.21. The van der Waals surface area contributed by atoms with Crippen molar-refractivity contribution in [2.75, 3.05) is 13.2 Å². The van der Waals surface area contributed by atoms with Crippen molar-refractivity contribution in [1.82, 2.24) is 0 Å². The van der Waals surface area contributed by atoms with Gasteiger partial charge in [0.1, 0.15) is 0 Å². The predicted molar refractivity (Wildman–Crippen MR) is 86.4 cm³/mol. The molecular weight excluding hydrogens is 300 g/mol. The van der Waals surface area contributed by atoms with Gasteiger partial charge in [0.05, 0.1) is 23.7 Å². The summed E-state index contributed by atoms with van der Waals surface area (Å²) in [7, 11) is -3.62. The molecule has 1 unspecified atom stereocenters. The number of aryl methyl sites for hydroxylation is 1. The van der Waals surface area contributed by atoms with Gasteiger partial charge in [0.15, 0.2) is 0 Å². The lowest BCUT2D eigenvalue weighted by molar-refractivity contribution is -0.154. The zero-order valence-electron chi connectivity index (χ0n) is 13.5. The summed E-state index contributed by atoms with van der Waals surface area (Å²) in [5, 5.41) is 0. The molecule has 0 radical (unpaired) electrons. The molecule has 2 rings (SSSR count). The van der Waals surface area contributed by atoms with Gasteiger partial charge in [0.25, 0.3) is 10.1 Å². The van der Waals surface area contributed by atoms with E-state index in [4.69, 9.17) is 8.92 Å². The minimum atomic E-state index is -3.62. The fraction of sp³-hybridized carbons (Fsp3) is 0.647. The van der Waals surface area contributed by atoms with Gasteiger partial charge in [-0.2, -0.15) is 8.42 Å². The van der Waals surface area contributed by atoms with Crippen molar-refractivity contribution in [3.63, 3.8) is 0 Å². The molecular formula is C17H26O4S. The summed E-state index contributed by atoms with van der Waals surface area (Å²) in [4.78, 5) is 0.228. The number of hydrogen-bond donors (Lipinski definition) is 0. The third-order valence-corrected chi connectivity index (χ3v) is 5.76. The van der Waals surface area contributed by atoms with Crippen molar-refractivity contribution in [2.24, 2.45) is 0 Å². The minimum Gasteiger partial charge on any atom is -0.375 e. The monoisotopic (exact) mass is 326 g/mol. The predicted octanol–water partition coefficient (Wildman–Crippen LogP) is 3.83. The zero-order chi connectivity index (χ0) is 16.1. The molecule has 124 valence electrons. The second-order valence-electron chi connectivity index (χ2n) is 6.03. The highest BCUT2D eigenvalue weighted by atomic mass is 32.2. The van der Waals surface area contributed by atoms with E-state index >= 15 is 0 Å². The van der Waals surface area contributed by atoms with Crippen LogP contribution in [-0.2, 0) is 19.0 Å². The van der Waals surface area contributed by atoms with Crippen LogP contribution in [0.4, 0.5) is 0 Å². The Kier molecular flexibility index (Phi) is 6.01. The van der Waals surface area contributed by atoms with Crippen LogP contribution in [0.25, 0.3) is 0 Å². The highest BCUT2D eigenvalue weighted by molar-refractivity contribution is 7.86. The normalized spacial score (nSPS) is 21.5. The standard InChI is InChI=1S/C17H26O4S/c1-3-17(12-14-20-17)11-5-4-6-13-21-22(18,19)16-9-7-15(2)8-10-16/h7-10H,3-6,11-14H2,1-2H3. The van der Waals surface area contributed by atoms with Crippen molar-refractivity contribution in [2.45, 2.75) is 62.9 Å². The first-order chi connectivity index (χ1) is 10.5. The average molecular weight is 326 g/mol. The molecule has 1 aromatic rings. The molecule has 1 heterocycles. The van der Waals surface area contributed by atoms with E-state index in [9.17, 15) is 8.42 Å². The van der Waals surface area contributed by atoms with Gasteiger partial charge in [0, 0.05) is 0 Å². The highest BCUT2D eigenvalue weighted by Crippen LogP contribution is 2.34. The topological polar surface area (TPSA) is 52.6 Å². The van der Waals surface area contributed by atoms with Gasteiger partial charge >= 0.3 is 0 Å². The van der Waals surface area contributed by atoms with Gasteiger partial charge in [-0.1, -0.05) is 37.5 Å². The summed E-state index contributed by atoms with van der Waals surface area (Å²) < 4.78 is 34.8. The Labute approximate surface area is 134 Å². The van der Waals surface area contributed by atoms with E-state index < -0.39 is 10.1 Å². The Balaban J connectivity index is 1.66. The van der Waals surface area contributed by atoms with Crippen LogP contribution in [-0.4, -0.2) is 27.2 Å². The van der Waals surface area contributed by atoms with Gasteiger partial charge in [-0.15, -0.1) is 0 Å². The Morgan fingerprint density at radius 2 is 1.86 bits per heavy atom. The van der Waals surface area contributed by atoms with E-state index in [0.29, 0.717) is 0 Å². The van der Waals surface area contributed by atoms with Crippen LogP contribution in [0.15, 0.2) is 29.2 Å². The minimum absolute atomic E-state index is 0.106. The number of unbranched alkanes of at least 4 members (excludes halogenated alkanes) is 2. The third kappa shape index (κ3) is 4.54. The van der Waals surface area contributed by atoms with Crippen LogP contribution in [0.3, 0.4) is 0 Å². The Morgan fingerprint density at radius 3 is 2.41 bits per heavy atom. The quantitative estimate of drug-likeness (QED) is 0.511. The van der Waals surface area contributed by atoms with Gasteiger partial charge in [-0.3, -0.25) is 4.18 Å². The number of ether oxygens (including phenoxy) is 1. The lowest BCUT2D eigenvalue weighted by atomic mass is 9.86.